The number of aryl methyl sites for hydroxylation is 1. The predicted octanol–water partition coefficient (Wildman–Crippen LogP) is 4.78. The van der Waals surface area contributed by atoms with E-state index in [-0.39, 0.29) is 5.91 Å². The average molecular weight is 418 g/mol. The number of carbonyl (C=O) groups excluding carboxylic acids is 1. The van der Waals surface area contributed by atoms with Crippen molar-refractivity contribution in [1.82, 2.24) is 9.97 Å². The van der Waals surface area contributed by atoms with Gasteiger partial charge in [0.15, 0.2) is 0 Å². The molecule has 0 bridgehead atoms. The molecule has 0 aliphatic carbocycles. The number of aromatic nitrogens is 2. The van der Waals surface area contributed by atoms with Crippen molar-refractivity contribution < 1.29 is 9.53 Å². The van der Waals surface area contributed by atoms with Crippen LogP contribution >= 0.6 is 0 Å². The summed E-state index contributed by atoms with van der Waals surface area (Å²) in [4.78, 5) is 24.0. The number of ether oxygens (including phenoxy) is 1. The molecule has 3 aromatic rings. The maximum Gasteiger partial charge on any atom is 0.255 e. The summed E-state index contributed by atoms with van der Waals surface area (Å²) in [5.74, 6) is 2.01. The molecule has 31 heavy (non-hydrogen) atoms. The zero-order valence-corrected chi connectivity index (χ0v) is 17.9. The molecular weight excluding hydrogens is 390 g/mol. The van der Waals surface area contributed by atoms with Crippen molar-refractivity contribution in [2.24, 2.45) is 0 Å². The van der Waals surface area contributed by atoms with Gasteiger partial charge in [-0.25, -0.2) is 4.98 Å². The Kier molecular flexibility index (Phi) is 6.31. The Morgan fingerprint density at radius 1 is 0.968 bits per heavy atom. The van der Waals surface area contributed by atoms with Crippen LogP contribution in [0.3, 0.4) is 0 Å². The third-order valence-corrected chi connectivity index (χ3v) is 5.25. The van der Waals surface area contributed by atoms with Crippen LogP contribution in [0.5, 0.6) is 5.75 Å². The smallest absolute Gasteiger partial charge is 0.255 e. The van der Waals surface area contributed by atoms with Gasteiger partial charge >= 0.3 is 0 Å². The Hall–Kier alpha value is -3.61. The molecule has 0 saturated carbocycles. The molecule has 7 nitrogen and oxygen atoms in total. The highest BCUT2D eigenvalue weighted by Gasteiger charge is 2.14. The predicted molar refractivity (Wildman–Crippen MR) is 124 cm³/mol. The zero-order valence-electron chi connectivity index (χ0n) is 17.9. The second-order valence-electron chi connectivity index (χ2n) is 7.63. The third kappa shape index (κ3) is 5.31. The average Bonchev–Trinajstić information content (AvgIpc) is 2.80. The van der Waals surface area contributed by atoms with E-state index in [0.717, 1.165) is 30.3 Å². The van der Waals surface area contributed by atoms with Crippen molar-refractivity contribution >= 4 is 29.0 Å². The molecule has 1 fully saturated rings. The first-order chi connectivity index (χ1) is 15.1. The number of amides is 1. The van der Waals surface area contributed by atoms with Crippen LogP contribution in [0.15, 0.2) is 54.6 Å². The van der Waals surface area contributed by atoms with Gasteiger partial charge < -0.3 is 20.3 Å². The fraction of sp³-hybridized carbons (Fsp3) is 0.292. The quantitative estimate of drug-likeness (QED) is 0.601. The molecule has 2 aromatic carbocycles. The largest absolute Gasteiger partial charge is 0.497 e. The normalized spacial score (nSPS) is 13.5. The van der Waals surface area contributed by atoms with E-state index < -0.39 is 0 Å². The lowest BCUT2D eigenvalue weighted by atomic mass is 10.1. The number of hydrogen-bond acceptors (Lipinski definition) is 6. The first-order valence-corrected chi connectivity index (χ1v) is 10.5. The van der Waals surface area contributed by atoms with Gasteiger partial charge in [-0.1, -0.05) is 6.07 Å². The number of anilines is 4. The number of benzene rings is 2. The SMILES string of the molecule is COc1cccc(C(=O)Nc2ccc(Nc3nc(C)cc(N4CCCCC4)n3)cc2)c1. The molecule has 7 heteroatoms. The van der Waals surface area contributed by atoms with Gasteiger partial charge in [-0.2, -0.15) is 4.98 Å². The van der Waals surface area contributed by atoms with Gasteiger partial charge in [0.25, 0.3) is 5.91 Å². The Balaban J connectivity index is 1.42. The number of piperidine rings is 1. The fourth-order valence-corrected chi connectivity index (χ4v) is 3.63. The topological polar surface area (TPSA) is 79.4 Å². The van der Waals surface area contributed by atoms with Gasteiger partial charge in [-0.3, -0.25) is 4.79 Å². The summed E-state index contributed by atoms with van der Waals surface area (Å²) >= 11 is 0. The number of nitrogens with zero attached hydrogens (tertiary/aromatic N) is 3. The molecule has 4 rings (SSSR count). The summed E-state index contributed by atoms with van der Waals surface area (Å²) < 4.78 is 5.18. The Bertz CT molecular complexity index is 1050. The molecule has 1 amide bonds. The molecule has 0 radical (unpaired) electrons. The first kappa shape index (κ1) is 20.7. The van der Waals surface area contributed by atoms with Gasteiger partial charge in [0.1, 0.15) is 11.6 Å². The second-order valence-corrected chi connectivity index (χ2v) is 7.63. The van der Waals surface area contributed by atoms with Crippen molar-refractivity contribution in [2.45, 2.75) is 26.2 Å². The van der Waals surface area contributed by atoms with Gasteiger partial charge in [0.2, 0.25) is 5.95 Å². The molecular formula is C24H27N5O2. The zero-order chi connectivity index (χ0) is 21.6. The highest BCUT2D eigenvalue weighted by Crippen LogP contribution is 2.23. The number of carbonyl (C=O) groups is 1. The minimum absolute atomic E-state index is 0.187. The van der Waals surface area contributed by atoms with E-state index in [4.69, 9.17) is 9.72 Å². The van der Waals surface area contributed by atoms with E-state index in [2.05, 4.69) is 20.5 Å². The van der Waals surface area contributed by atoms with Crippen LogP contribution in [-0.4, -0.2) is 36.1 Å². The van der Waals surface area contributed by atoms with Gasteiger partial charge in [0.05, 0.1) is 7.11 Å². The van der Waals surface area contributed by atoms with E-state index in [1.54, 1.807) is 31.4 Å². The highest BCUT2D eigenvalue weighted by atomic mass is 16.5. The van der Waals surface area contributed by atoms with Gasteiger partial charge in [-0.15, -0.1) is 0 Å². The lowest BCUT2D eigenvalue weighted by Crippen LogP contribution is -2.30. The second kappa shape index (κ2) is 9.47. The summed E-state index contributed by atoms with van der Waals surface area (Å²) in [5.41, 5.74) is 3.03. The lowest BCUT2D eigenvalue weighted by molar-refractivity contribution is 0.102. The van der Waals surface area contributed by atoms with Crippen LogP contribution in [0.1, 0.15) is 35.3 Å². The monoisotopic (exact) mass is 417 g/mol. The molecule has 1 saturated heterocycles. The van der Waals surface area contributed by atoms with Crippen LogP contribution in [0.25, 0.3) is 0 Å². The van der Waals surface area contributed by atoms with Crippen LogP contribution in [0.2, 0.25) is 0 Å². The van der Waals surface area contributed by atoms with E-state index in [0.29, 0.717) is 22.9 Å². The Morgan fingerprint density at radius 2 is 1.71 bits per heavy atom. The maximum absolute atomic E-state index is 12.5. The van der Waals surface area contributed by atoms with Crippen molar-refractivity contribution in [3.05, 3.63) is 65.9 Å². The van der Waals surface area contributed by atoms with Crippen molar-refractivity contribution in [3.8, 4) is 5.75 Å². The maximum atomic E-state index is 12.5. The number of methoxy groups -OCH3 is 1. The van der Waals surface area contributed by atoms with Crippen molar-refractivity contribution in [2.75, 3.05) is 35.7 Å². The minimum atomic E-state index is -0.187. The Morgan fingerprint density at radius 3 is 2.45 bits per heavy atom. The number of rotatable bonds is 6. The summed E-state index contributed by atoms with van der Waals surface area (Å²) in [6.45, 7) is 4.06. The van der Waals surface area contributed by atoms with Crippen molar-refractivity contribution in [3.63, 3.8) is 0 Å². The van der Waals surface area contributed by atoms with E-state index in [1.165, 1.54) is 19.3 Å². The third-order valence-electron chi connectivity index (χ3n) is 5.25. The number of nitrogens with one attached hydrogen (secondary N) is 2. The molecule has 1 aliphatic heterocycles. The lowest BCUT2D eigenvalue weighted by Gasteiger charge is -2.28. The molecule has 0 spiro atoms. The van der Waals surface area contributed by atoms with E-state index in [9.17, 15) is 4.79 Å². The van der Waals surface area contributed by atoms with Crippen LogP contribution in [0.4, 0.5) is 23.1 Å². The highest BCUT2D eigenvalue weighted by molar-refractivity contribution is 6.04. The fourth-order valence-electron chi connectivity index (χ4n) is 3.63. The molecule has 2 heterocycles. The van der Waals surface area contributed by atoms with E-state index >= 15 is 0 Å². The van der Waals surface area contributed by atoms with Crippen LogP contribution < -0.4 is 20.3 Å². The summed E-state index contributed by atoms with van der Waals surface area (Å²) in [5, 5.41) is 6.18. The van der Waals surface area contributed by atoms with E-state index in [1.807, 2.05) is 37.3 Å². The van der Waals surface area contributed by atoms with Crippen molar-refractivity contribution in [1.29, 1.82) is 0 Å². The molecule has 2 N–H and O–H groups in total. The molecule has 0 unspecified atom stereocenters. The van der Waals surface area contributed by atoms with Crippen LogP contribution in [0, 0.1) is 6.92 Å². The van der Waals surface area contributed by atoms with Crippen LogP contribution in [-0.2, 0) is 0 Å². The number of hydrogen-bond donors (Lipinski definition) is 2. The molecule has 1 aromatic heterocycles. The standard InChI is InChI=1S/C24H27N5O2/c1-17-15-22(29-13-4-3-5-14-29)28-24(25-17)27-20-11-9-19(10-12-20)26-23(30)18-7-6-8-21(16-18)31-2/h6-12,15-16H,3-5,13-14H2,1-2H3,(H,26,30)(H,25,27,28). The summed E-state index contributed by atoms with van der Waals surface area (Å²) in [6.07, 6.45) is 3.69. The minimum Gasteiger partial charge on any atom is -0.497 e. The summed E-state index contributed by atoms with van der Waals surface area (Å²) in [6, 6.07) is 16.6. The summed E-state index contributed by atoms with van der Waals surface area (Å²) in [7, 11) is 1.58. The molecule has 160 valence electrons. The molecule has 0 atom stereocenters. The first-order valence-electron chi connectivity index (χ1n) is 10.5. The van der Waals surface area contributed by atoms with Gasteiger partial charge in [-0.05, 0) is 68.7 Å². The van der Waals surface area contributed by atoms with Gasteiger partial charge in [0, 0.05) is 41.8 Å². The molecule has 1 aliphatic rings. The Labute approximate surface area is 182 Å².